The fourth-order valence-electron chi connectivity index (χ4n) is 1.42. The van der Waals surface area contributed by atoms with Crippen molar-refractivity contribution in [1.82, 2.24) is 5.32 Å². The highest BCUT2D eigenvalue weighted by atomic mass is 32.1. The van der Waals surface area contributed by atoms with Crippen molar-refractivity contribution in [2.24, 2.45) is 0 Å². The van der Waals surface area contributed by atoms with E-state index in [1.54, 1.807) is 21.3 Å². The first-order valence-corrected chi connectivity index (χ1v) is 5.50. The van der Waals surface area contributed by atoms with Crippen LogP contribution in [0.5, 0.6) is 17.2 Å². The smallest absolute Gasteiger partial charge is 0.164 e. The monoisotopic (exact) mass is 243 g/mol. The van der Waals surface area contributed by atoms with Crippen molar-refractivity contribution in [2.75, 3.05) is 27.2 Å². The van der Waals surface area contributed by atoms with Crippen LogP contribution in [0.1, 0.15) is 5.56 Å². The van der Waals surface area contributed by atoms with Gasteiger partial charge in [0.15, 0.2) is 11.5 Å². The molecule has 0 heterocycles. The number of benzene rings is 1. The number of hydrogen-bond donors (Lipinski definition) is 2. The van der Waals surface area contributed by atoms with Gasteiger partial charge in [-0.15, -0.1) is 0 Å². The number of methoxy groups -OCH3 is 3. The molecule has 16 heavy (non-hydrogen) atoms. The van der Waals surface area contributed by atoms with Gasteiger partial charge in [0.2, 0.25) is 0 Å². The van der Waals surface area contributed by atoms with Crippen LogP contribution in [0.4, 0.5) is 0 Å². The van der Waals surface area contributed by atoms with Gasteiger partial charge in [-0.2, -0.15) is 12.6 Å². The predicted molar refractivity (Wildman–Crippen MR) is 66.8 cm³/mol. The molecule has 0 aliphatic rings. The van der Waals surface area contributed by atoms with E-state index in [-0.39, 0.29) is 0 Å². The second-order valence-electron chi connectivity index (χ2n) is 3.10. The molecule has 0 unspecified atom stereocenters. The molecule has 90 valence electrons. The molecule has 0 spiro atoms. The second-order valence-corrected chi connectivity index (χ2v) is 3.42. The second kappa shape index (κ2) is 6.50. The molecule has 0 aliphatic heterocycles. The van der Waals surface area contributed by atoms with Crippen LogP contribution in [0.15, 0.2) is 12.1 Å². The van der Waals surface area contributed by atoms with E-state index in [1.165, 1.54) is 0 Å². The average molecular weight is 243 g/mol. The molecule has 0 amide bonds. The van der Waals surface area contributed by atoms with Crippen molar-refractivity contribution < 1.29 is 14.2 Å². The molecule has 0 saturated carbocycles. The van der Waals surface area contributed by atoms with Crippen LogP contribution in [0.3, 0.4) is 0 Å². The van der Waals surface area contributed by atoms with E-state index in [1.807, 2.05) is 12.1 Å². The summed E-state index contributed by atoms with van der Waals surface area (Å²) < 4.78 is 15.7. The number of hydrogen-bond acceptors (Lipinski definition) is 5. The van der Waals surface area contributed by atoms with Crippen LogP contribution in [0.2, 0.25) is 0 Å². The molecule has 0 saturated heterocycles. The van der Waals surface area contributed by atoms with Crippen molar-refractivity contribution in [3.05, 3.63) is 17.7 Å². The highest BCUT2D eigenvalue weighted by Gasteiger charge is 2.10. The molecule has 0 radical (unpaired) electrons. The van der Waals surface area contributed by atoms with Crippen LogP contribution < -0.4 is 19.5 Å². The van der Waals surface area contributed by atoms with E-state index >= 15 is 0 Å². The van der Waals surface area contributed by atoms with Gasteiger partial charge in [-0.3, -0.25) is 0 Å². The van der Waals surface area contributed by atoms with Gasteiger partial charge >= 0.3 is 0 Å². The number of rotatable bonds is 6. The summed E-state index contributed by atoms with van der Waals surface area (Å²) in [6.45, 7) is 0.674. The summed E-state index contributed by atoms with van der Waals surface area (Å²) >= 11 is 4.09. The Bertz CT molecular complexity index is 344. The Morgan fingerprint density at radius 2 is 1.56 bits per heavy atom. The molecule has 0 aliphatic carbocycles. The highest BCUT2D eigenvalue weighted by molar-refractivity contribution is 7.80. The highest BCUT2D eigenvalue weighted by Crippen LogP contribution is 2.34. The van der Waals surface area contributed by atoms with E-state index in [4.69, 9.17) is 14.2 Å². The Morgan fingerprint density at radius 1 is 1.00 bits per heavy atom. The third kappa shape index (κ3) is 2.96. The Morgan fingerprint density at radius 3 is 2.06 bits per heavy atom. The lowest BCUT2D eigenvalue weighted by Gasteiger charge is -2.14. The first-order chi connectivity index (χ1) is 7.76. The minimum atomic E-state index is 0.609. The van der Waals surface area contributed by atoms with Crippen LogP contribution in [0.25, 0.3) is 0 Å². The van der Waals surface area contributed by atoms with Crippen LogP contribution in [-0.4, -0.2) is 27.2 Å². The SMILES string of the molecule is COc1cc(OC)c(OC)cc1CNCS. The van der Waals surface area contributed by atoms with Gasteiger partial charge in [0.25, 0.3) is 0 Å². The van der Waals surface area contributed by atoms with E-state index < -0.39 is 0 Å². The predicted octanol–water partition coefficient (Wildman–Crippen LogP) is 1.69. The quantitative estimate of drug-likeness (QED) is 0.589. The first kappa shape index (κ1) is 13.0. The normalized spacial score (nSPS) is 10.0. The number of ether oxygens (including phenoxy) is 3. The van der Waals surface area contributed by atoms with Crippen molar-refractivity contribution in [2.45, 2.75) is 6.54 Å². The molecular formula is C11H17NO3S. The first-order valence-electron chi connectivity index (χ1n) is 4.87. The van der Waals surface area contributed by atoms with Crippen molar-refractivity contribution in [3.8, 4) is 17.2 Å². The Labute approximate surface area is 101 Å². The van der Waals surface area contributed by atoms with Crippen LogP contribution in [-0.2, 0) is 6.54 Å². The van der Waals surface area contributed by atoms with Crippen molar-refractivity contribution in [1.29, 1.82) is 0 Å². The van der Waals surface area contributed by atoms with Gasteiger partial charge < -0.3 is 19.5 Å². The molecule has 0 atom stereocenters. The largest absolute Gasteiger partial charge is 0.496 e. The zero-order chi connectivity index (χ0) is 12.0. The molecule has 1 rings (SSSR count). The topological polar surface area (TPSA) is 39.7 Å². The molecule has 0 bridgehead atoms. The molecule has 1 aromatic carbocycles. The Balaban J connectivity index is 3.05. The van der Waals surface area contributed by atoms with E-state index in [0.29, 0.717) is 23.9 Å². The summed E-state index contributed by atoms with van der Waals surface area (Å²) in [7, 11) is 4.84. The maximum absolute atomic E-state index is 5.28. The lowest BCUT2D eigenvalue weighted by Crippen LogP contribution is -2.11. The van der Waals surface area contributed by atoms with E-state index in [9.17, 15) is 0 Å². The summed E-state index contributed by atoms with van der Waals surface area (Å²) in [5.41, 5.74) is 1.01. The molecule has 0 fully saturated rings. The third-order valence-corrected chi connectivity index (χ3v) is 2.44. The maximum atomic E-state index is 5.28. The number of nitrogens with one attached hydrogen (secondary N) is 1. The van der Waals surface area contributed by atoms with Gasteiger partial charge in [-0.1, -0.05) is 0 Å². The van der Waals surface area contributed by atoms with Gasteiger partial charge in [-0.25, -0.2) is 0 Å². The standard InChI is InChI=1S/C11H17NO3S/c1-13-9-5-11(15-3)10(14-2)4-8(9)6-12-7-16/h4-5,12,16H,6-7H2,1-3H3. The minimum Gasteiger partial charge on any atom is -0.496 e. The van der Waals surface area contributed by atoms with Gasteiger partial charge in [0, 0.05) is 24.1 Å². The molecular weight excluding hydrogens is 226 g/mol. The minimum absolute atomic E-state index is 0.609. The average Bonchev–Trinajstić information content (AvgIpc) is 2.35. The summed E-state index contributed by atoms with van der Waals surface area (Å²) in [5.74, 6) is 2.73. The van der Waals surface area contributed by atoms with Crippen molar-refractivity contribution >= 4 is 12.6 Å². The molecule has 0 aromatic heterocycles. The Kier molecular flexibility index (Phi) is 5.28. The van der Waals surface area contributed by atoms with Gasteiger partial charge in [-0.05, 0) is 6.07 Å². The third-order valence-electron chi connectivity index (χ3n) is 2.21. The van der Waals surface area contributed by atoms with Gasteiger partial charge in [0.1, 0.15) is 5.75 Å². The van der Waals surface area contributed by atoms with Crippen molar-refractivity contribution in [3.63, 3.8) is 0 Å². The summed E-state index contributed by atoms with van der Waals surface area (Å²) in [6, 6.07) is 3.71. The fourth-order valence-corrected chi connectivity index (χ4v) is 1.53. The van der Waals surface area contributed by atoms with E-state index in [2.05, 4.69) is 17.9 Å². The Hall–Kier alpha value is -1.07. The van der Waals surface area contributed by atoms with E-state index in [0.717, 1.165) is 11.3 Å². The zero-order valence-electron chi connectivity index (χ0n) is 9.74. The lowest BCUT2D eigenvalue weighted by molar-refractivity contribution is 0.347. The fraction of sp³-hybridized carbons (Fsp3) is 0.455. The molecule has 4 nitrogen and oxygen atoms in total. The van der Waals surface area contributed by atoms with Crippen LogP contribution in [0, 0.1) is 0 Å². The summed E-state index contributed by atoms with van der Waals surface area (Å²) in [4.78, 5) is 0. The molecule has 1 aromatic rings. The lowest BCUT2D eigenvalue weighted by atomic mass is 10.1. The molecule has 5 heteroatoms. The molecule has 1 N–H and O–H groups in total. The zero-order valence-corrected chi connectivity index (χ0v) is 10.6. The summed E-state index contributed by atoms with van der Waals surface area (Å²) in [5, 5.41) is 3.12. The number of thiol groups is 1. The maximum Gasteiger partial charge on any atom is 0.164 e. The summed E-state index contributed by atoms with van der Waals surface area (Å²) in [6.07, 6.45) is 0. The van der Waals surface area contributed by atoms with Crippen LogP contribution >= 0.6 is 12.6 Å². The van der Waals surface area contributed by atoms with Gasteiger partial charge in [0.05, 0.1) is 21.3 Å².